The summed E-state index contributed by atoms with van der Waals surface area (Å²) < 4.78 is 21.0. The summed E-state index contributed by atoms with van der Waals surface area (Å²) in [6, 6.07) is 10.5. The van der Waals surface area contributed by atoms with E-state index in [0.717, 1.165) is 0 Å². The Balaban J connectivity index is 1.69. The van der Waals surface area contributed by atoms with Crippen LogP contribution in [0.3, 0.4) is 0 Å². The monoisotopic (exact) mass is 357 g/mol. The van der Waals surface area contributed by atoms with E-state index in [2.05, 4.69) is 4.99 Å². The first-order valence-corrected chi connectivity index (χ1v) is 7.78. The van der Waals surface area contributed by atoms with Crippen LogP contribution in [0, 0.1) is 0 Å². The molecule has 0 radical (unpaired) electrons. The lowest BCUT2D eigenvalue weighted by Gasteiger charge is -2.02. The normalized spacial score (nSPS) is 16.8. The second kappa shape index (κ2) is 6.14. The van der Waals surface area contributed by atoms with E-state index in [1.165, 1.54) is 0 Å². The Morgan fingerprint density at radius 2 is 2.00 bits per heavy atom. The summed E-state index contributed by atoms with van der Waals surface area (Å²) in [6.07, 6.45) is 1.56. The number of methoxy groups -OCH3 is 1. The van der Waals surface area contributed by atoms with Crippen molar-refractivity contribution in [1.29, 1.82) is 0 Å². The summed E-state index contributed by atoms with van der Waals surface area (Å²) in [5, 5.41) is 0.426. The zero-order valence-corrected chi connectivity index (χ0v) is 13.9. The number of halogens is 1. The van der Waals surface area contributed by atoms with Crippen molar-refractivity contribution >= 4 is 29.5 Å². The molecule has 2 aliphatic heterocycles. The maximum atomic E-state index is 12.1. The lowest BCUT2D eigenvalue weighted by atomic mass is 10.1. The number of rotatable bonds is 3. The van der Waals surface area contributed by atoms with E-state index in [9.17, 15) is 4.79 Å². The number of carbonyl (C=O) groups is 1. The molecule has 0 saturated heterocycles. The highest BCUT2D eigenvalue weighted by molar-refractivity contribution is 6.32. The van der Waals surface area contributed by atoms with Crippen molar-refractivity contribution in [2.24, 2.45) is 4.99 Å². The van der Waals surface area contributed by atoms with Gasteiger partial charge in [-0.15, -0.1) is 0 Å². The molecular formula is C18H12ClNO5. The summed E-state index contributed by atoms with van der Waals surface area (Å²) in [5.41, 5.74) is 1.39. The van der Waals surface area contributed by atoms with Gasteiger partial charge in [0.05, 0.1) is 12.1 Å². The molecule has 0 saturated carbocycles. The van der Waals surface area contributed by atoms with Gasteiger partial charge in [-0.05, 0) is 35.9 Å². The summed E-state index contributed by atoms with van der Waals surface area (Å²) in [7, 11) is 1.56. The van der Waals surface area contributed by atoms with E-state index in [0.29, 0.717) is 33.4 Å². The summed E-state index contributed by atoms with van der Waals surface area (Å²) in [5.74, 6) is 1.45. The van der Waals surface area contributed by atoms with Crippen LogP contribution in [0.2, 0.25) is 5.02 Å². The number of nitrogens with zero attached hydrogens (tertiary/aromatic N) is 1. The highest BCUT2D eigenvalue weighted by Gasteiger charge is 2.25. The van der Waals surface area contributed by atoms with E-state index in [4.69, 9.17) is 30.5 Å². The highest BCUT2D eigenvalue weighted by atomic mass is 35.5. The summed E-state index contributed by atoms with van der Waals surface area (Å²) in [6.45, 7) is 0.145. The number of hydrogen-bond donors (Lipinski definition) is 0. The number of benzene rings is 2. The number of fused-ring (bicyclic) bond motifs is 1. The predicted molar refractivity (Wildman–Crippen MR) is 91.2 cm³/mol. The fraction of sp³-hybridized carbons (Fsp3) is 0.111. The van der Waals surface area contributed by atoms with Crippen LogP contribution >= 0.6 is 11.6 Å². The van der Waals surface area contributed by atoms with Crippen molar-refractivity contribution in [3.63, 3.8) is 0 Å². The van der Waals surface area contributed by atoms with E-state index in [-0.39, 0.29) is 18.4 Å². The lowest BCUT2D eigenvalue weighted by Crippen LogP contribution is -2.05. The molecule has 0 atom stereocenters. The van der Waals surface area contributed by atoms with Gasteiger partial charge in [0.2, 0.25) is 12.7 Å². The van der Waals surface area contributed by atoms with E-state index >= 15 is 0 Å². The third-order valence-corrected chi connectivity index (χ3v) is 4.05. The molecule has 7 heteroatoms. The van der Waals surface area contributed by atoms with Crippen LogP contribution in [-0.4, -0.2) is 25.8 Å². The molecule has 0 spiro atoms. The Labute approximate surface area is 148 Å². The van der Waals surface area contributed by atoms with Gasteiger partial charge < -0.3 is 18.9 Å². The molecule has 2 aliphatic rings. The van der Waals surface area contributed by atoms with Crippen LogP contribution < -0.4 is 14.2 Å². The van der Waals surface area contributed by atoms with Gasteiger partial charge in [-0.2, -0.15) is 0 Å². The number of ether oxygens (including phenoxy) is 4. The lowest BCUT2D eigenvalue weighted by molar-refractivity contribution is -0.129. The van der Waals surface area contributed by atoms with Gasteiger partial charge in [-0.1, -0.05) is 17.7 Å². The molecule has 0 fully saturated rings. The molecule has 0 bridgehead atoms. The third-order valence-electron chi connectivity index (χ3n) is 3.72. The molecule has 0 N–H and O–H groups in total. The number of hydrogen-bond acceptors (Lipinski definition) is 6. The van der Waals surface area contributed by atoms with Crippen LogP contribution in [0.1, 0.15) is 11.1 Å². The minimum Gasteiger partial charge on any atom is -0.497 e. The predicted octanol–water partition coefficient (Wildman–Crippen LogP) is 3.42. The maximum absolute atomic E-state index is 12.1. The number of carbonyl (C=O) groups excluding carboxylic acids is 1. The molecule has 0 unspecified atom stereocenters. The fourth-order valence-corrected chi connectivity index (χ4v) is 2.69. The topological polar surface area (TPSA) is 66.3 Å². The van der Waals surface area contributed by atoms with Gasteiger partial charge in [-0.25, -0.2) is 9.79 Å². The van der Waals surface area contributed by atoms with Crippen LogP contribution in [0.4, 0.5) is 0 Å². The molecule has 0 amide bonds. The minimum atomic E-state index is -0.549. The molecule has 6 nitrogen and oxygen atoms in total. The van der Waals surface area contributed by atoms with Crippen LogP contribution in [0.15, 0.2) is 47.1 Å². The van der Waals surface area contributed by atoms with Crippen molar-refractivity contribution in [2.45, 2.75) is 0 Å². The van der Waals surface area contributed by atoms with Crippen molar-refractivity contribution in [3.05, 3.63) is 58.2 Å². The van der Waals surface area contributed by atoms with Crippen LogP contribution in [0.25, 0.3) is 6.08 Å². The Hall–Kier alpha value is -2.99. The second-order valence-electron chi connectivity index (χ2n) is 5.29. The first kappa shape index (κ1) is 15.5. The molecule has 2 aromatic carbocycles. The Morgan fingerprint density at radius 3 is 2.80 bits per heavy atom. The summed E-state index contributed by atoms with van der Waals surface area (Å²) in [4.78, 5) is 16.4. The SMILES string of the molecule is COc1cccc(C2=N/C(=C/c3cc4c(cc3Cl)OCO4)C(=O)O2)c1. The van der Waals surface area contributed by atoms with E-state index in [1.54, 1.807) is 49.6 Å². The minimum absolute atomic E-state index is 0.145. The van der Waals surface area contributed by atoms with E-state index in [1.807, 2.05) is 0 Å². The molecule has 2 heterocycles. The quantitative estimate of drug-likeness (QED) is 0.622. The zero-order chi connectivity index (χ0) is 17.4. The molecule has 0 aromatic heterocycles. The van der Waals surface area contributed by atoms with Crippen molar-refractivity contribution < 1.29 is 23.7 Å². The molecule has 0 aliphatic carbocycles. The highest BCUT2D eigenvalue weighted by Crippen LogP contribution is 2.38. The standard InChI is InChI=1S/C18H12ClNO5/c1-22-12-4-2-3-10(5-12)17-20-14(18(21)25-17)6-11-7-15-16(8-13(11)19)24-9-23-15/h2-8H,9H2,1H3/b14-6+. The van der Waals surface area contributed by atoms with Gasteiger partial charge in [0.25, 0.3) is 0 Å². The molecule has 25 heavy (non-hydrogen) atoms. The second-order valence-corrected chi connectivity index (χ2v) is 5.70. The Kier molecular flexibility index (Phi) is 3.82. The van der Waals surface area contributed by atoms with Crippen molar-refractivity contribution in [1.82, 2.24) is 0 Å². The first-order valence-electron chi connectivity index (χ1n) is 7.40. The van der Waals surface area contributed by atoms with Crippen LogP contribution in [-0.2, 0) is 9.53 Å². The van der Waals surface area contributed by atoms with Crippen LogP contribution in [0.5, 0.6) is 17.2 Å². The van der Waals surface area contributed by atoms with Crippen molar-refractivity contribution in [3.8, 4) is 17.2 Å². The Morgan fingerprint density at radius 1 is 1.20 bits per heavy atom. The average molecular weight is 358 g/mol. The number of cyclic esters (lactones) is 1. The van der Waals surface area contributed by atoms with Gasteiger partial charge in [-0.3, -0.25) is 0 Å². The summed E-state index contributed by atoms with van der Waals surface area (Å²) >= 11 is 6.23. The first-order chi connectivity index (χ1) is 12.1. The maximum Gasteiger partial charge on any atom is 0.363 e. The largest absolute Gasteiger partial charge is 0.497 e. The average Bonchev–Trinajstić information content (AvgIpc) is 3.22. The zero-order valence-electron chi connectivity index (χ0n) is 13.1. The third kappa shape index (κ3) is 2.92. The number of aliphatic imine (C=N–C) groups is 1. The van der Waals surface area contributed by atoms with Crippen molar-refractivity contribution in [2.75, 3.05) is 13.9 Å². The number of esters is 1. The van der Waals surface area contributed by atoms with E-state index < -0.39 is 5.97 Å². The molecule has 126 valence electrons. The van der Waals surface area contributed by atoms with Gasteiger partial charge >= 0.3 is 5.97 Å². The molecule has 2 aromatic rings. The molecular weight excluding hydrogens is 346 g/mol. The van der Waals surface area contributed by atoms with Gasteiger partial charge in [0.15, 0.2) is 17.2 Å². The van der Waals surface area contributed by atoms with Gasteiger partial charge in [0, 0.05) is 11.6 Å². The Bertz CT molecular complexity index is 935. The molecule has 4 rings (SSSR count). The smallest absolute Gasteiger partial charge is 0.363 e. The van der Waals surface area contributed by atoms with Gasteiger partial charge in [0.1, 0.15) is 5.75 Å². The fourth-order valence-electron chi connectivity index (χ4n) is 2.48.